The zero-order chi connectivity index (χ0) is 20.4. The summed E-state index contributed by atoms with van der Waals surface area (Å²) in [5.74, 6) is -0.892. The van der Waals surface area contributed by atoms with Gasteiger partial charge in [0.1, 0.15) is 11.6 Å². The van der Waals surface area contributed by atoms with E-state index in [2.05, 4.69) is 0 Å². The lowest BCUT2D eigenvalue weighted by Crippen LogP contribution is -2.41. The number of carbonyl (C=O) groups is 1. The van der Waals surface area contributed by atoms with Crippen molar-refractivity contribution in [2.24, 2.45) is 0 Å². The van der Waals surface area contributed by atoms with Crippen molar-refractivity contribution < 1.29 is 22.9 Å². The molecule has 1 saturated heterocycles. The highest BCUT2D eigenvalue weighted by molar-refractivity contribution is 6.62. The first-order valence-electron chi connectivity index (χ1n) is 9.48. The predicted molar refractivity (Wildman–Crippen MR) is 103 cm³/mol. The largest absolute Gasteiger partial charge is 0.497 e. The Balaban J connectivity index is 1.96. The van der Waals surface area contributed by atoms with Gasteiger partial charge in [0.25, 0.3) is 0 Å². The van der Waals surface area contributed by atoms with Crippen LogP contribution >= 0.6 is 0 Å². The number of hydrogen-bond acceptors (Lipinski definition) is 3. The lowest BCUT2D eigenvalue weighted by Gasteiger charge is -2.32. The number of hydrogen-bond donors (Lipinski definition) is 0. The fourth-order valence-corrected chi connectivity index (χ4v) is 2.94. The minimum Gasteiger partial charge on any atom is -0.399 e. The number of aryl methyl sites for hydroxylation is 1. The minimum atomic E-state index is -0.921. The molecule has 7 heteroatoms. The maximum absolute atomic E-state index is 14.6. The first-order chi connectivity index (χ1) is 12.4. The van der Waals surface area contributed by atoms with Crippen molar-refractivity contribution in [1.29, 1.82) is 0 Å². The summed E-state index contributed by atoms with van der Waals surface area (Å²) >= 11 is 0. The van der Waals surface area contributed by atoms with Crippen molar-refractivity contribution in [3.8, 4) is 0 Å². The molecule has 4 nitrogen and oxygen atoms in total. The molecule has 27 heavy (non-hydrogen) atoms. The maximum Gasteiger partial charge on any atom is 0.497 e. The van der Waals surface area contributed by atoms with E-state index >= 15 is 0 Å². The Hall–Kier alpha value is -1.47. The van der Waals surface area contributed by atoms with Crippen molar-refractivity contribution in [3.05, 3.63) is 29.3 Å². The van der Waals surface area contributed by atoms with Crippen LogP contribution in [0.3, 0.4) is 0 Å². The predicted octanol–water partition coefficient (Wildman–Crippen LogP) is 3.46. The van der Waals surface area contributed by atoms with Gasteiger partial charge in [0.15, 0.2) is 0 Å². The van der Waals surface area contributed by atoms with Gasteiger partial charge in [0, 0.05) is 26.0 Å². The molecule has 1 heterocycles. The number of rotatable bonds is 7. The van der Waals surface area contributed by atoms with Gasteiger partial charge >= 0.3 is 7.12 Å². The van der Waals surface area contributed by atoms with E-state index in [1.165, 1.54) is 12.1 Å². The highest BCUT2D eigenvalue weighted by Gasteiger charge is 2.52. The van der Waals surface area contributed by atoms with Crippen LogP contribution in [0.2, 0.25) is 0 Å². The highest BCUT2D eigenvalue weighted by atomic mass is 19.1. The van der Waals surface area contributed by atoms with E-state index in [1.54, 1.807) is 19.0 Å². The molecule has 1 fully saturated rings. The number of carbonyl (C=O) groups excluding carboxylic acids is 1. The lowest BCUT2D eigenvalue weighted by atomic mass is 9.78. The number of amides is 1. The average molecular weight is 381 g/mol. The summed E-state index contributed by atoms with van der Waals surface area (Å²) in [5.41, 5.74) is -0.787. The van der Waals surface area contributed by atoms with Gasteiger partial charge in [-0.15, -0.1) is 0 Å². The van der Waals surface area contributed by atoms with Crippen LogP contribution < -0.4 is 5.46 Å². The molecule has 0 unspecified atom stereocenters. The first kappa shape index (κ1) is 21.8. The molecule has 0 aliphatic carbocycles. The van der Waals surface area contributed by atoms with Crippen LogP contribution in [0.15, 0.2) is 12.1 Å². The van der Waals surface area contributed by atoms with Gasteiger partial charge < -0.3 is 14.2 Å². The zero-order valence-corrected chi connectivity index (χ0v) is 17.2. The summed E-state index contributed by atoms with van der Waals surface area (Å²) in [5, 5.41) is 0. The van der Waals surface area contributed by atoms with Gasteiger partial charge in [-0.05, 0) is 64.7 Å². The zero-order valence-electron chi connectivity index (χ0n) is 17.2. The number of nitrogens with zero attached hydrogens (tertiary/aromatic N) is 1. The van der Waals surface area contributed by atoms with Crippen molar-refractivity contribution >= 4 is 18.5 Å². The smallest absolute Gasteiger partial charge is 0.399 e. The average Bonchev–Trinajstić information content (AvgIpc) is 2.77. The second kappa shape index (κ2) is 8.27. The fourth-order valence-electron chi connectivity index (χ4n) is 2.94. The molecular formula is C20H30BF2NO3. The van der Waals surface area contributed by atoms with E-state index in [0.29, 0.717) is 24.8 Å². The third kappa shape index (κ3) is 5.08. The summed E-state index contributed by atoms with van der Waals surface area (Å²) < 4.78 is 40.7. The van der Waals surface area contributed by atoms with Crippen molar-refractivity contribution in [1.82, 2.24) is 4.90 Å². The van der Waals surface area contributed by atoms with Crippen LogP contribution in [0.1, 0.15) is 58.9 Å². The fraction of sp³-hybridized carbons (Fsp3) is 0.650. The Labute approximate surface area is 161 Å². The van der Waals surface area contributed by atoms with Gasteiger partial charge in [-0.2, -0.15) is 0 Å². The van der Waals surface area contributed by atoms with E-state index < -0.39 is 30.0 Å². The summed E-state index contributed by atoms with van der Waals surface area (Å²) in [6, 6.07) is 2.42. The summed E-state index contributed by atoms with van der Waals surface area (Å²) in [4.78, 5) is 13.1. The van der Waals surface area contributed by atoms with Gasteiger partial charge in [0.05, 0.1) is 11.2 Å². The van der Waals surface area contributed by atoms with Gasteiger partial charge in [-0.25, -0.2) is 8.78 Å². The van der Waals surface area contributed by atoms with Crippen LogP contribution in [-0.2, 0) is 20.5 Å². The lowest BCUT2D eigenvalue weighted by molar-refractivity contribution is -0.128. The molecule has 0 radical (unpaired) electrons. The Bertz CT molecular complexity index is 676. The normalized spacial score (nSPS) is 18.0. The molecule has 1 amide bonds. The molecular weight excluding hydrogens is 351 g/mol. The van der Waals surface area contributed by atoms with E-state index in [0.717, 1.165) is 12.8 Å². The molecule has 0 atom stereocenters. The van der Waals surface area contributed by atoms with Gasteiger partial charge in [-0.1, -0.05) is 6.42 Å². The van der Waals surface area contributed by atoms with Crippen molar-refractivity contribution in [2.45, 2.75) is 71.0 Å². The molecule has 0 saturated carbocycles. The standard InChI is InChI=1S/C20H30BF2NO3/c1-19(2)20(3,4)27-21(26-19)15-13-16(22)14(12-17(15)23)10-8-7-9-11-18(25)24(5)6/h12-13H,7-11H2,1-6H3. The van der Waals surface area contributed by atoms with Crippen LogP contribution in [0.4, 0.5) is 8.78 Å². The van der Waals surface area contributed by atoms with E-state index in [9.17, 15) is 13.6 Å². The highest BCUT2D eigenvalue weighted by Crippen LogP contribution is 2.36. The Morgan fingerprint density at radius 1 is 1.00 bits per heavy atom. The van der Waals surface area contributed by atoms with Gasteiger partial charge in [-0.3, -0.25) is 4.79 Å². The third-order valence-electron chi connectivity index (χ3n) is 5.51. The van der Waals surface area contributed by atoms with Gasteiger partial charge in [0.2, 0.25) is 5.91 Å². The second-order valence-electron chi connectivity index (χ2n) is 8.40. The quantitative estimate of drug-likeness (QED) is 0.537. The summed E-state index contributed by atoms with van der Waals surface area (Å²) in [6.45, 7) is 7.49. The minimum absolute atomic E-state index is 0.0824. The van der Waals surface area contributed by atoms with Crippen LogP contribution in [0, 0.1) is 11.6 Å². The summed E-state index contributed by atoms with van der Waals surface area (Å²) in [6.07, 6.45) is 3.15. The monoisotopic (exact) mass is 381 g/mol. The third-order valence-corrected chi connectivity index (χ3v) is 5.51. The molecule has 1 aliphatic heterocycles. The Morgan fingerprint density at radius 2 is 1.59 bits per heavy atom. The van der Waals surface area contributed by atoms with Crippen LogP contribution in [0.25, 0.3) is 0 Å². The molecule has 2 rings (SSSR count). The Kier molecular flexibility index (Phi) is 6.69. The number of halogens is 2. The molecule has 1 aliphatic rings. The maximum atomic E-state index is 14.6. The molecule has 150 valence electrons. The number of benzene rings is 1. The van der Waals surface area contributed by atoms with E-state index in [1.807, 2.05) is 27.7 Å². The molecule has 0 bridgehead atoms. The van der Waals surface area contributed by atoms with Crippen LogP contribution in [0.5, 0.6) is 0 Å². The van der Waals surface area contributed by atoms with E-state index in [4.69, 9.17) is 9.31 Å². The Morgan fingerprint density at radius 3 is 2.15 bits per heavy atom. The van der Waals surface area contributed by atoms with E-state index in [-0.39, 0.29) is 11.4 Å². The first-order valence-corrected chi connectivity index (χ1v) is 9.48. The molecule has 1 aromatic rings. The number of unbranched alkanes of at least 4 members (excludes halogenated alkanes) is 2. The van der Waals surface area contributed by atoms with Crippen molar-refractivity contribution in [2.75, 3.05) is 14.1 Å². The second-order valence-corrected chi connectivity index (χ2v) is 8.40. The SMILES string of the molecule is CN(C)C(=O)CCCCCc1cc(F)c(B2OC(C)(C)C(C)(C)O2)cc1F. The summed E-state index contributed by atoms with van der Waals surface area (Å²) in [7, 11) is 2.53. The molecule has 0 N–H and O–H groups in total. The topological polar surface area (TPSA) is 38.8 Å². The molecule has 1 aromatic carbocycles. The van der Waals surface area contributed by atoms with Crippen molar-refractivity contribution in [3.63, 3.8) is 0 Å². The molecule has 0 spiro atoms. The van der Waals surface area contributed by atoms with Crippen LogP contribution in [-0.4, -0.2) is 43.2 Å². The molecule has 0 aromatic heterocycles.